The minimum atomic E-state index is -4.89. The van der Waals surface area contributed by atoms with Crippen molar-refractivity contribution in [3.63, 3.8) is 0 Å². The van der Waals surface area contributed by atoms with Crippen molar-refractivity contribution >= 4 is 11.6 Å². The molecule has 2 aliphatic rings. The summed E-state index contributed by atoms with van der Waals surface area (Å²) in [6.07, 6.45) is -4.60. The lowest BCUT2D eigenvalue weighted by molar-refractivity contribution is -0.140. The number of aromatic nitrogens is 1. The topological polar surface area (TPSA) is 80.7 Å². The van der Waals surface area contributed by atoms with Crippen molar-refractivity contribution in [1.82, 2.24) is 4.98 Å². The Balaban J connectivity index is 1.64. The average molecular weight is 440 g/mol. The van der Waals surface area contributed by atoms with Gasteiger partial charge in [-0.15, -0.1) is 0 Å². The van der Waals surface area contributed by atoms with Crippen LogP contribution >= 0.6 is 0 Å². The monoisotopic (exact) mass is 440 g/mol. The second kappa shape index (κ2) is 7.76. The first-order valence-electron chi connectivity index (χ1n) is 9.63. The van der Waals surface area contributed by atoms with E-state index >= 15 is 0 Å². The molecular weight excluding hydrogens is 420 g/mol. The third-order valence-corrected chi connectivity index (χ3v) is 5.92. The fourth-order valence-electron chi connectivity index (χ4n) is 4.38. The second-order valence-corrected chi connectivity index (χ2v) is 7.86. The number of hydrogen-bond donors (Lipinski definition) is 2. The third kappa shape index (κ3) is 3.97. The molecule has 4 atom stereocenters. The summed E-state index contributed by atoms with van der Waals surface area (Å²) >= 11 is 0. The Morgan fingerprint density at radius 1 is 1.35 bits per heavy atom. The van der Waals surface area contributed by atoms with Gasteiger partial charge in [-0.1, -0.05) is 0 Å². The van der Waals surface area contributed by atoms with Crippen molar-refractivity contribution in [3.8, 4) is 5.88 Å². The number of nitrogens with zero attached hydrogens (tertiary/aromatic N) is 1. The first-order chi connectivity index (χ1) is 14.6. The fourth-order valence-corrected chi connectivity index (χ4v) is 4.38. The minimum Gasteiger partial charge on any atom is -0.481 e. The van der Waals surface area contributed by atoms with Crippen LogP contribution in [0.25, 0.3) is 0 Å². The van der Waals surface area contributed by atoms with Crippen molar-refractivity contribution in [2.75, 3.05) is 12.4 Å². The second-order valence-electron chi connectivity index (χ2n) is 7.86. The molecule has 1 aromatic carbocycles. The molecule has 166 valence electrons. The summed E-state index contributed by atoms with van der Waals surface area (Å²) in [5, 5.41) is 12.6. The van der Waals surface area contributed by atoms with Gasteiger partial charge in [0.15, 0.2) is 0 Å². The quantitative estimate of drug-likeness (QED) is 0.698. The number of halogens is 4. The van der Waals surface area contributed by atoms with Crippen LogP contribution in [-0.2, 0) is 22.1 Å². The predicted octanol–water partition coefficient (Wildman–Crippen LogP) is 3.34. The number of aliphatic hydroxyl groups excluding tert-OH is 1. The van der Waals surface area contributed by atoms with Crippen molar-refractivity contribution in [2.45, 2.75) is 43.8 Å². The van der Waals surface area contributed by atoms with Gasteiger partial charge in [0.1, 0.15) is 5.82 Å². The number of pyridine rings is 1. The van der Waals surface area contributed by atoms with Crippen LogP contribution in [0.3, 0.4) is 0 Å². The van der Waals surface area contributed by atoms with Crippen LogP contribution in [0.1, 0.15) is 24.0 Å². The highest BCUT2D eigenvalue weighted by Gasteiger charge is 2.60. The van der Waals surface area contributed by atoms with Crippen LogP contribution < -0.4 is 10.1 Å². The van der Waals surface area contributed by atoms with Crippen molar-refractivity contribution in [3.05, 3.63) is 53.5 Å². The highest BCUT2D eigenvalue weighted by Crippen LogP contribution is 2.50. The Labute approximate surface area is 175 Å². The van der Waals surface area contributed by atoms with Crippen LogP contribution in [0, 0.1) is 11.2 Å². The molecule has 0 unspecified atom stereocenters. The zero-order chi connectivity index (χ0) is 22.4. The number of anilines is 1. The molecule has 6 nitrogen and oxygen atoms in total. The molecule has 31 heavy (non-hydrogen) atoms. The van der Waals surface area contributed by atoms with Gasteiger partial charge in [-0.3, -0.25) is 4.79 Å². The van der Waals surface area contributed by atoms with E-state index in [1.807, 2.05) is 0 Å². The molecule has 2 N–H and O–H groups in total. The van der Waals surface area contributed by atoms with Crippen molar-refractivity contribution < 1.29 is 36.9 Å². The summed E-state index contributed by atoms with van der Waals surface area (Å²) in [5.41, 5.74) is -2.03. The Kier molecular flexibility index (Phi) is 5.38. The number of nitrogens with one attached hydrogen (secondary N) is 1. The van der Waals surface area contributed by atoms with Gasteiger partial charge in [0.25, 0.3) is 0 Å². The number of hydrogen-bond acceptors (Lipinski definition) is 5. The van der Waals surface area contributed by atoms with Crippen LogP contribution in [0.4, 0.5) is 23.2 Å². The van der Waals surface area contributed by atoms with E-state index in [2.05, 4.69) is 10.3 Å². The lowest BCUT2D eigenvalue weighted by atomic mass is 9.68. The zero-order valence-corrected chi connectivity index (χ0v) is 16.4. The Morgan fingerprint density at radius 2 is 2.13 bits per heavy atom. The molecular formula is C21H20F4N2O4. The normalized spacial score (nSPS) is 27.4. The number of amides is 1. The maximum atomic E-state index is 13.6. The molecule has 4 rings (SSSR count). The number of fused-ring (bicyclic) bond motifs is 2. The van der Waals surface area contributed by atoms with Gasteiger partial charge in [-0.05, 0) is 42.7 Å². The van der Waals surface area contributed by atoms with Gasteiger partial charge >= 0.3 is 6.18 Å². The van der Waals surface area contributed by atoms with Crippen molar-refractivity contribution in [2.24, 2.45) is 5.41 Å². The number of ether oxygens (including phenoxy) is 2. The number of carbonyl (C=O) groups is 1. The lowest BCUT2D eigenvalue weighted by Crippen LogP contribution is -2.48. The zero-order valence-electron chi connectivity index (χ0n) is 16.4. The number of aliphatic hydroxyl groups is 1. The molecule has 0 spiro atoms. The first kappa shape index (κ1) is 21.5. The van der Waals surface area contributed by atoms with Gasteiger partial charge in [0, 0.05) is 24.4 Å². The predicted molar refractivity (Wildman–Crippen MR) is 101 cm³/mol. The molecule has 1 amide bonds. The van der Waals surface area contributed by atoms with E-state index in [4.69, 9.17) is 9.47 Å². The van der Waals surface area contributed by atoms with Crippen LogP contribution in [0.15, 0.2) is 36.5 Å². The van der Waals surface area contributed by atoms with E-state index in [0.717, 1.165) is 11.6 Å². The molecule has 2 saturated heterocycles. The minimum absolute atomic E-state index is 0.172. The Morgan fingerprint density at radius 3 is 2.74 bits per heavy atom. The van der Waals surface area contributed by atoms with E-state index in [1.54, 1.807) is 12.1 Å². The standard InChI is InChI=1S/C21H20F4N2O4/c1-30-18-6-11(4-5-26-18)9-20(10-16-15(28)8-17(20)31-16)19(29)27-12-2-3-14(22)13(7-12)21(23,24)25/h2-7,15-17,28H,8-10H2,1H3,(H,27,29)/t15-,16+,17+,20-/m0/s1. The van der Waals surface area contributed by atoms with Crippen LogP contribution in [-0.4, -0.2) is 41.4 Å². The highest BCUT2D eigenvalue weighted by molar-refractivity contribution is 5.96. The van der Waals surface area contributed by atoms with Gasteiger partial charge in [0.2, 0.25) is 11.8 Å². The van der Waals surface area contributed by atoms with Gasteiger partial charge in [0.05, 0.1) is 36.4 Å². The fraction of sp³-hybridized carbons (Fsp3) is 0.429. The third-order valence-electron chi connectivity index (χ3n) is 5.92. The number of methoxy groups -OCH3 is 1. The van der Waals surface area contributed by atoms with Gasteiger partial charge in [-0.2, -0.15) is 13.2 Å². The summed E-state index contributed by atoms with van der Waals surface area (Å²) in [5.74, 6) is -1.62. The smallest absolute Gasteiger partial charge is 0.419 e. The molecule has 10 heteroatoms. The Hall–Kier alpha value is -2.72. The maximum absolute atomic E-state index is 13.6. The summed E-state index contributed by atoms with van der Waals surface area (Å²) in [6, 6.07) is 5.68. The maximum Gasteiger partial charge on any atom is 0.419 e. The molecule has 2 fully saturated rings. The molecule has 0 radical (unpaired) electrons. The van der Waals surface area contributed by atoms with Crippen LogP contribution in [0.5, 0.6) is 5.88 Å². The number of alkyl halides is 3. The van der Waals surface area contributed by atoms with E-state index in [9.17, 15) is 27.5 Å². The average Bonchev–Trinajstić information content (AvgIpc) is 3.26. The molecule has 0 aliphatic carbocycles. The lowest BCUT2D eigenvalue weighted by Gasteiger charge is -2.35. The van der Waals surface area contributed by atoms with E-state index in [0.29, 0.717) is 18.0 Å². The van der Waals surface area contributed by atoms with E-state index < -0.39 is 47.2 Å². The first-order valence-corrected chi connectivity index (χ1v) is 9.63. The van der Waals surface area contributed by atoms with Gasteiger partial charge < -0.3 is 19.9 Å². The largest absolute Gasteiger partial charge is 0.481 e. The summed E-state index contributed by atoms with van der Waals surface area (Å²) in [6.45, 7) is 0. The highest BCUT2D eigenvalue weighted by atomic mass is 19.4. The van der Waals surface area contributed by atoms with E-state index in [-0.39, 0.29) is 24.9 Å². The molecule has 1 aromatic heterocycles. The number of carbonyl (C=O) groups excluding carboxylic acids is 1. The molecule has 2 aliphatic heterocycles. The van der Waals surface area contributed by atoms with E-state index in [1.165, 1.54) is 13.3 Å². The summed E-state index contributed by atoms with van der Waals surface area (Å²) in [4.78, 5) is 17.4. The number of rotatable bonds is 5. The molecule has 0 saturated carbocycles. The molecule has 3 heterocycles. The van der Waals surface area contributed by atoms with Crippen molar-refractivity contribution in [1.29, 1.82) is 0 Å². The van der Waals surface area contributed by atoms with Crippen LogP contribution in [0.2, 0.25) is 0 Å². The number of benzene rings is 1. The van der Waals surface area contributed by atoms with Gasteiger partial charge in [-0.25, -0.2) is 9.37 Å². The SMILES string of the molecule is COc1cc(C[C@]2(C(=O)Nc3ccc(F)c(C(F)(F)F)c3)C[C@H]3O[C@@H]2C[C@@H]3O)ccn1. The summed E-state index contributed by atoms with van der Waals surface area (Å²) < 4.78 is 63.7. The summed E-state index contributed by atoms with van der Waals surface area (Å²) in [7, 11) is 1.46. The molecule has 2 bridgehead atoms. The molecule has 2 aromatic rings. The Bertz CT molecular complexity index is 998.